The molecule has 0 aliphatic carbocycles. The van der Waals surface area contributed by atoms with E-state index in [1.807, 2.05) is 0 Å². The minimum Gasteiger partial charge on any atom is -0.459 e. The van der Waals surface area contributed by atoms with Gasteiger partial charge in [-0.05, 0) is 43.0 Å². The lowest BCUT2D eigenvalue weighted by Crippen LogP contribution is -2.29. The fourth-order valence-electron chi connectivity index (χ4n) is 2.01. The van der Waals surface area contributed by atoms with Gasteiger partial charge in [-0.3, -0.25) is 9.59 Å². The topological polar surface area (TPSA) is 84.5 Å². The first kappa shape index (κ1) is 15.9. The maximum absolute atomic E-state index is 11.7. The molecule has 0 saturated heterocycles. The van der Waals surface area contributed by atoms with E-state index in [2.05, 4.69) is 17.6 Å². The van der Waals surface area contributed by atoms with Crippen LogP contribution in [-0.2, 0) is 0 Å². The molecule has 6 nitrogen and oxygen atoms in total. The molecule has 0 saturated carbocycles. The number of furan rings is 2. The molecule has 2 N–H and O–H groups in total. The first-order chi connectivity index (χ1) is 10.7. The predicted molar refractivity (Wildman–Crippen MR) is 80.5 cm³/mol. The standard InChI is InChI=1S/C16H20N2O4/c1-12(11-18-16(20)14-7-4-10-22-14)5-2-8-17-15(19)13-6-3-9-21-13/h3-4,6-7,9-10,12H,2,5,8,11H2,1H3,(H,17,19)(H,18,20)/t12-/m0/s1. The van der Waals surface area contributed by atoms with E-state index >= 15 is 0 Å². The Kier molecular flexibility index (Phi) is 5.82. The van der Waals surface area contributed by atoms with Crippen LogP contribution >= 0.6 is 0 Å². The molecule has 0 fully saturated rings. The Balaban J connectivity index is 1.57. The summed E-state index contributed by atoms with van der Waals surface area (Å²) < 4.78 is 10.0. The molecule has 0 radical (unpaired) electrons. The van der Waals surface area contributed by atoms with Crippen molar-refractivity contribution in [3.63, 3.8) is 0 Å². The summed E-state index contributed by atoms with van der Waals surface area (Å²) in [5, 5.41) is 5.61. The molecule has 0 unspecified atom stereocenters. The van der Waals surface area contributed by atoms with Gasteiger partial charge in [-0.2, -0.15) is 0 Å². The van der Waals surface area contributed by atoms with Crippen molar-refractivity contribution < 1.29 is 18.4 Å². The van der Waals surface area contributed by atoms with Crippen LogP contribution in [-0.4, -0.2) is 24.9 Å². The maximum atomic E-state index is 11.7. The van der Waals surface area contributed by atoms with Gasteiger partial charge in [0, 0.05) is 13.1 Å². The van der Waals surface area contributed by atoms with E-state index in [0.29, 0.717) is 30.5 Å². The average molecular weight is 304 g/mol. The Hall–Kier alpha value is -2.50. The van der Waals surface area contributed by atoms with Crippen LogP contribution in [0.5, 0.6) is 0 Å². The molecule has 0 aliphatic heterocycles. The highest BCUT2D eigenvalue weighted by Crippen LogP contribution is 2.05. The Morgan fingerprint density at radius 1 is 1.05 bits per heavy atom. The number of hydrogen-bond donors (Lipinski definition) is 2. The lowest BCUT2D eigenvalue weighted by Gasteiger charge is -2.12. The van der Waals surface area contributed by atoms with Crippen LogP contribution in [0.2, 0.25) is 0 Å². The van der Waals surface area contributed by atoms with E-state index in [9.17, 15) is 9.59 Å². The predicted octanol–water partition coefficient (Wildman–Crippen LogP) is 2.45. The van der Waals surface area contributed by atoms with E-state index < -0.39 is 0 Å². The number of carbonyl (C=O) groups excluding carboxylic acids is 2. The summed E-state index contributed by atoms with van der Waals surface area (Å²) in [5.41, 5.74) is 0. The van der Waals surface area contributed by atoms with Gasteiger partial charge >= 0.3 is 0 Å². The van der Waals surface area contributed by atoms with Crippen molar-refractivity contribution in [2.45, 2.75) is 19.8 Å². The van der Waals surface area contributed by atoms with Crippen molar-refractivity contribution in [1.29, 1.82) is 0 Å². The second kappa shape index (κ2) is 8.07. The third kappa shape index (κ3) is 4.80. The molecule has 2 aromatic rings. The first-order valence-corrected chi connectivity index (χ1v) is 7.30. The van der Waals surface area contributed by atoms with Crippen molar-refractivity contribution in [2.75, 3.05) is 13.1 Å². The zero-order valence-corrected chi connectivity index (χ0v) is 12.5. The zero-order chi connectivity index (χ0) is 15.8. The number of hydrogen-bond acceptors (Lipinski definition) is 4. The zero-order valence-electron chi connectivity index (χ0n) is 12.5. The second-order valence-electron chi connectivity index (χ2n) is 5.17. The van der Waals surface area contributed by atoms with E-state index in [4.69, 9.17) is 8.83 Å². The fraction of sp³-hybridized carbons (Fsp3) is 0.375. The van der Waals surface area contributed by atoms with Crippen LogP contribution in [0.25, 0.3) is 0 Å². The van der Waals surface area contributed by atoms with Gasteiger partial charge in [0.25, 0.3) is 11.8 Å². The van der Waals surface area contributed by atoms with Crippen LogP contribution in [0.4, 0.5) is 0 Å². The number of nitrogens with one attached hydrogen (secondary N) is 2. The van der Waals surface area contributed by atoms with Gasteiger partial charge in [0.2, 0.25) is 0 Å². The van der Waals surface area contributed by atoms with Gasteiger partial charge in [-0.15, -0.1) is 0 Å². The second-order valence-corrected chi connectivity index (χ2v) is 5.17. The maximum Gasteiger partial charge on any atom is 0.286 e. The fourth-order valence-corrected chi connectivity index (χ4v) is 2.01. The summed E-state index contributed by atoms with van der Waals surface area (Å²) in [4.78, 5) is 23.3. The molecule has 0 aliphatic rings. The van der Waals surface area contributed by atoms with Gasteiger partial charge in [0.1, 0.15) is 0 Å². The highest BCUT2D eigenvalue weighted by Gasteiger charge is 2.10. The van der Waals surface area contributed by atoms with E-state index in [1.54, 1.807) is 24.3 Å². The highest BCUT2D eigenvalue weighted by atomic mass is 16.3. The minimum atomic E-state index is -0.206. The monoisotopic (exact) mass is 304 g/mol. The molecular weight excluding hydrogens is 284 g/mol. The summed E-state index contributed by atoms with van der Waals surface area (Å²) in [7, 11) is 0. The van der Waals surface area contributed by atoms with Crippen LogP contribution in [0, 0.1) is 5.92 Å². The first-order valence-electron chi connectivity index (χ1n) is 7.30. The highest BCUT2D eigenvalue weighted by molar-refractivity contribution is 5.91. The molecule has 22 heavy (non-hydrogen) atoms. The lowest BCUT2D eigenvalue weighted by atomic mass is 10.1. The van der Waals surface area contributed by atoms with Gasteiger partial charge < -0.3 is 19.5 Å². The van der Waals surface area contributed by atoms with Gasteiger partial charge in [-0.1, -0.05) is 6.92 Å². The Morgan fingerprint density at radius 3 is 2.18 bits per heavy atom. The number of amides is 2. The lowest BCUT2D eigenvalue weighted by molar-refractivity contribution is 0.0918. The molecule has 0 aromatic carbocycles. The quantitative estimate of drug-likeness (QED) is 0.734. The molecule has 0 spiro atoms. The molecule has 1 atom stereocenters. The molecular formula is C16H20N2O4. The van der Waals surface area contributed by atoms with Crippen molar-refractivity contribution in [3.05, 3.63) is 48.3 Å². The normalized spacial score (nSPS) is 11.9. The minimum absolute atomic E-state index is 0.205. The van der Waals surface area contributed by atoms with Crippen molar-refractivity contribution in [1.82, 2.24) is 10.6 Å². The number of rotatable bonds is 8. The third-order valence-electron chi connectivity index (χ3n) is 3.26. The van der Waals surface area contributed by atoms with Crippen LogP contribution in [0.1, 0.15) is 40.9 Å². The Bertz CT molecular complexity index is 575. The van der Waals surface area contributed by atoms with Crippen LogP contribution in [0.3, 0.4) is 0 Å². The molecule has 2 heterocycles. The van der Waals surface area contributed by atoms with Crippen molar-refractivity contribution in [3.8, 4) is 0 Å². The number of carbonyl (C=O) groups is 2. The van der Waals surface area contributed by atoms with Crippen molar-refractivity contribution >= 4 is 11.8 Å². The van der Waals surface area contributed by atoms with Gasteiger partial charge in [-0.25, -0.2) is 0 Å². The van der Waals surface area contributed by atoms with Crippen LogP contribution < -0.4 is 10.6 Å². The largest absolute Gasteiger partial charge is 0.459 e. The summed E-state index contributed by atoms with van der Waals surface area (Å²) in [5.74, 6) is 0.544. The molecule has 0 bridgehead atoms. The molecule has 118 valence electrons. The summed E-state index contributed by atoms with van der Waals surface area (Å²) in [6.45, 7) is 3.21. The smallest absolute Gasteiger partial charge is 0.286 e. The molecule has 2 aromatic heterocycles. The summed E-state index contributed by atoms with van der Waals surface area (Å²) in [6, 6.07) is 6.62. The summed E-state index contributed by atoms with van der Waals surface area (Å²) in [6.07, 6.45) is 4.68. The van der Waals surface area contributed by atoms with Gasteiger partial charge in [0.05, 0.1) is 12.5 Å². The Morgan fingerprint density at radius 2 is 1.64 bits per heavy atom. The SMILES string of the molecule is C[C@@H](CCCNC(=O)c1ccco1)CNC(=O)c1ccco1. The van der Waals surface area contributed by atoms with E-state index in [1.165, 1.54) is 12.5 Å². The average Bonchev–Trinajstić information content (AvgIpc) is 3.21. The molecule has 6 heteroatoms. The van der Waals surface area contributed by atoms with E-state index in [0.717, 1.165) is 12.8 Å². The van der Waals surface area contributed by atoms with E-state index in [-0.39, 0.29) is 11.8 Å². The Labute approximate surface area is 128 Å². The van der Waals surface area contributed by atoms with Crippen molar-refractivity contribution in [2.24, 2.45) is 5.92 Å². The van der Waals surface area contributed by atoms with Gasteiger partial charge in [0.15, 0.2) is 11.5 Å². The molecule has 2 amide bonds. The molecule has 2 rings (SSSR count). The summed E-state index contributed by atoms with van der Waals surface area (Å²) >= 11 is 0. The van der Waals surface area contributed by atoms with Crippen LogP contribution in [0.15, 0.2) is 45.6 Å². The third-order valence-corrected chi connectivity index (χ3v) is 3.26.